The van der Waals surface area contributed by atoms with Crippen molar-refractivity contribution in [2.24, 2.45) is 4.99 Å². The van der Waals surface area contributed by atoms with E-state index < -0.39 is 0 Å². The van der Waals surface area contributed by atoms with E-state index in [-0.39, 0.29) is 5.91 Å². The highest BCUT2D eigenvalue weighted by Crippen LogP contribution is 2.37. The standard InChI is InChI=1S/C20H13ClN4OS/c21-16-13-22-11-9-17(16)24-20-25(15-7-2-1-3-8-15)19(26)18(27-20)12-14-6-4-5-10-23-14/h1-13H/b18-12-,24-20?. The molecule has 1 amide bonds. The molecular formula is C20H13ClN4OS. The second-order valence-corrected chi connectivity index (χ2v) is 6.98. The van der Waals surface area contributed by atoms with Gasteiger partial charge in [0.15, 0.2) is 5.17 Å². The van der Waals surface area contributed by atoms with E-state index in [9.17, 15) is 4.79 Å². The highest BCUT2D eigenvalue weighted by Gasteiger charge is 2.34. The molecule has 0 saturated carbocycles. The molecule has 7 heteroatoms. The van der Waals surface area contributed by atoms with Gasteiger partial charge in [-0.15, -0.1) is 0 Å². The predicted octanol–water partition coefficient (Wildman–Crippen LogP) is 4.94. The SMILES string of the molecule is O=C1/C(=C/c2ccccn2)SC(=Nc2ccncc2Cl)N1c1ccccc1. The number of hydrogen-bond donors (Lipinski definition) is 0. The van der Waals surface area contributed by atoms with Crippen molar-refractivity contribution in [3.8, 4) is 0 Å². The van der Waals surface area contributed by atoms with Gasteiger partial charge in [-0.25, -0.2) is 4.99 Å². The van der Waals surface area contributed by atoms with Crippen LogP contribution in [0.25, 0.3) is 6.08 Å². The summed E-state index contributed by atoms with van der Waals surface area (Å²) < 4.78 is 0. The molecule has 1 saturated heterocycles. The normalized spacial score (nSPS) is 17.1. The molecule has 27 heavy (non-hydrogen) atoms. The minimum absolute atomic E-state index is 0.152. The van der Waals surface area contributed by atoms with Gasteiger partial charge in [-0.1, -0.05) is 35.9 Å². The van der Waals surface area contributed by atoms with Crippen LogP contribution in [0.2, 0.25) is 5.02 Å². The Morgan fingerprint density at radius 1 is 1.04 bits per heavy atom. The number of anilines is 1. The molecule has 0 aliphatic carbocycles. The van der Waals surface area contributed by atoms with Gasteiger partial charge in [0.05, 0.1) is 27.0 Å². The van der Waals surface area contributed by atoms with Crippen molar-refractivity contribution in [3.63, 3.8) is 0 Å². The van der Waals surface area contributed by atoms with E-state index in [1.165, 1.54) is 18.0 Å². The van der Waals surface area contributed by atoms with Gasteiger partial charge in [0.1, 0.15) is 0 Å². The maximum absolute atomic E-state index is 13.1. The summed E-state index contributed by atoms with van der Waals surface area (Å²) in [6.07, 6.45) is 6.60. The lowest BCUT2D eigenvalue weighted by molar-refractivity contribution is -0.113. The topological polar surface area (TPSA) is 58.5 Å². The zero-order chi connectivity index (χ0) is 18.6. The number of carbonyl (C=O) groups is 1. The van der Waals surface area contributed by atoms with Crippen LogP contribution in [0.5, 0.6) is 0 Å². The lowest BCUT2D eigenvalue weighted by Crippen LogP contribution is -2.28. The molecule has 4 rings (SSSR count). The quantitative estimate of drug-likeness (QED) is 0.592. The average molecular weight is 393 g/mol. The molecule has 132 valence electrons. The smallest absolute Gasteiger partial charge is 0.268 e. The number of aromatic nitrogens is 2. The number of amides is 1. The summed E-state index contributed by atoms with van der Waals surface area (Å²) >= 11 is 7.48. The summed E-state index contributed by atoms with van der Waals surface area (Å²) in [5.41, 5.74) is 2.01. The van der Waals surface area contributed by atoms with Crippen LogP contribution in [0.3, 0.4) is 0 Å². The number of carbonyl (C=O) groups excluding carboxylic acids is 1. The van der Waals surface area contributed by atoms with Gasteiger partial charge in [0.2, 0.25) is 0 Å². The minimum Gasteiger partial charge on any atom is -0.268 e. The molecular weight excluding hydrogens is 380 g/mol. The number of thioether (sulfide) groups is 1. The fraction of sp³-hybridized carbons (Fsp3) is 0. The molecule has 0 radical (unpaired) electrons. The van der Waals surface area contributed by atoms with E-state index in [0.717, 1.165) is 5.69 Å². The van der Waals surface area contributed by atoms with E-state index in [4.69, 9.17) is 11.6 Å². The van der Waals surface area contributed by atoms with Crippen LogP contribution < -0.4 is 4.90 Å². The number of amidine groups is 1. The summed E-state index contributed by atoms with van der Waals surface area (Å²) in [5, 5.41) is 0.953. The van der Waals surface area contributed by atoms with Crippen molar-refractivity contribution < 1.29 is 4.79 Å². The molecule has 5 nitrogen and oxygen atoms in total. The number of nitrogens with zero attached hydrogens (tertiary/aromatic N) is 4. The summed E-state index contributed by atoms with van der Waals surface area (Å²) in [7, 11) is 0. The number of rotatable bonds is 3. The first-order chi connectivity index (χ1) is 13.2. The Labute approximate surface area is 165 Å². The molecule has 1 aliphatic rings. The van der Waals surface area contributed by atoms with E-state index >= 15 is 0 Å². The lowest BCUT2D eigenvalue weighted by atomic mass is 10.2. The molecule has 0 N–H and O–H groups in total. The summed E-state index contributed by atoms with van der Waals surface area (Å²) in [6, 6.07) is 16.7. The van der Waals surface area contributed by atoms with E-state index in [1.54, 1.807) is 29.4 Å². The maximum Gasteiger partial charge on any atom is 0.271 e. The molecule has 1 aromatic carbocycles. The lowest BCUT2D eigenvalue weighted by Gasteiger charge is -2.15. The van der Waals surface area contributed by atoms with Crippen molar-refractivity contribution in [1.82, 2.24) is 9.97 Å². The van der Waals surface area contributed by atoms with E-state index in [0.29, 0.717) is 26.5 Å². The van der Waals surface area contributed by atoms with Crippen molar-refractivity contribution in [2.75, 3.05) is 4.90 Å². The third-order valence-corrected chi connectivity index (χ3v) is 5.01. The predicted molar refractivity (Wildman–Crippen MR) is 110 cm³/mol. The van der Waals surface area contributed by atoms with Gasteiger partial charge in [-0.05, 0) is 48.2 Å². The van der Waals surface area contributed by atoms with Gasteiger partial charge >= 0.3 is 0 Å². The van der Waals surface area contributed by atoms with Crippen LogP contribution in [0.15, 0.2) is 83.1 Å². The Morgan fingerprint density at radius 3 is 2.59 bits per heavy atom. The monoisotopic (exact) mass is 392 g/mol. The molecule has 0 bridgehead atoms. The van der Waals surface area contributed by atoms with Crippen LogP contribution in [-0.2, 0) is 4.79 Å². The minimum atomic E-state index is -0.152. The van der Waals surface area contributed by atoms with Gasteiger partial charge in [0.25, 0.3) is 5.91 Å². The van der Waals surface area contributed by atoms with Gasteiger partial charge < -0.3 is 0 Å². The zero-order valence-electron chi connectivity index (χ0n) is 14.0. The van der Waals surface area contributed by atoms with Crippen molar-refractivity contribution >= 4 is 51.9 Å². The van der Waals surface area contributed by atoms with E-state index in [2.05, 4.69) is 15.0 Å². The van der Waals surface area contributed by atoms with Gasteiger partial charge in [0, 0.05) is 18.6 Å². The third kappa shape index (κ3) is 3.77. The van der Waals surface area contributed by atoms with Crippen LogP contribution in [0.4, 0.5) is 11.4 Å². The summed E-state index contributed by atoms with van der Waals surface area (Å²) in [6.45, 7) is 0. The molecule has 3 heterocycles. The number of hydrogen-bond acceptors (Lipinski definition) is 5. The van der Waals surface area contributed by atoms with Crippen LogP contribution in [-0.4, -0.2) is 21.0 Å². The highest BCUT2D eigenvalue weighted by molar-refractivity contribution is 8.19. The zero-order valence-corrected chi connectivity index (χ0v) is 15.6. The van der Waals surface area contributed by atoms with Crippen molar-refractivity contribution in [1.29, 1.82) is 0 Å². The third-order valence-electron chi connectivity index (χ3n) is 3.75. The number of halogens is 1. The number of benzene rings is 1. The second-order valence-electron chi connectivity index (χ2n) is 5.56. The van der Waals surface area contributed by atoms with Gasteiger partial charge in [-0.2, -0.15) is 0 Å². The number of aliphatic imine (C=N–C) groups is 1. The second kappa shape index (κ2) is 7.73. The van der Waals surface area contributed by atoms with Crippen molar-refractivity contribution in [3.05, 3.63) is 88.8 Å². The summed E-state index contributed by atoms with van der Waals surface area (Å²) in [5.74, 6) is -0.152. The molecule has 0 unspecified atom stereocenters. The van der Waals surface area contributed by atoms with Crippen molar-refractivity contribution in [2.45, 2.75) is 0 Å². The molecule has 2 aromatic heterocycles. The Bertz CT molecular complexity index is 1040. The Kier molecular flexibility index (Phi) is 5.00. The maximum atomic E-state index is 13.1. The first-order valence-corrected chi connectivity index (χ1v) is 9.30. The number of pyridine rings is 2. The van der Waals surface area contributed by atoms with E-state index in [1.807, 2.05) is 48.5 Å². The van der Waals surface area contributed by atoms with Crippen LogP contribution in [0.1, 0.15) is 5.69 Å². The molecule has 1 aliphatic heterocycles. The molecule has 1 fully saturated rings. The Balaban J connectivity index is 1.79. The first kappa shape index (κ1) is 17.5. The largest absolute Gasteiger partial charge is 0.271 e. The van der Waals surface area contributed by atoms with Crippen LogP contribution >= 0.6 is 23.4 Å². The fourth-order valence-corrected chi connectivity index (χ4v) is 3.65. The summed E-state index contributed by atoms with van der Waals surface area (Å²) in [4.78, 5) is 28.1. The molecule has 0 atom stereocenters. The molecule has 3 aromatic rings. The Morgan fingerprint density at radius 2 is 1.85 bits per heavy atom. The average Bonchev–Trinajstić information content (AvgIpc) is 3.00. The first-order valence-electron chi connectivity index (χ1n) is 8.10. The highest BCUT2D eigenvalue weighted by atomic mass is 35.5. The van der Waals surface area contributed by atoms with Gasteiger partial charge in [-0.3, -0.25) is 19.7 Å². The number of para-hydroxylation sites is 1. The fourth-order valence-electron chi connectivity index (χ4n) is 2.51. The van der Waals surface area contributed by atoms with Crippen LogP contribution in [0, 0.1) is 0 Å². The Hall–Kier alpha value is -2.96. The molecule has 0 spiro atoms.